The number of benzene rings is 1. The summed E-state index contributed by atoms with van der Waals surface area (Å²) in [6.07, 6.45) is 3.75. The summed E-state index contributed by atoms with van der Waals surface area (Å²) in [7, 11) is -0.935. The van der Waals surface area contributed by atoms with Gasteiger partial charge >= 0.3 is 0 Å². The van der Waals surface area contributed by atoms with Crippen LogP contribution in [-0.4, -0.2) is 32.3 Å². The number of rotatable bonds is 7. The molecule has 2 aromatic rings. The molecule has 108 valence electrons. The van der Waals surface area contributed by atoms with Gasteiger partial charge in [0.2, 0.25) is 0 Å². The van der Waals surface area contributed by atoms with Crippen molar-refractivity contribution in [1.82, 2.24) is 15.1 Å². The van der Waals surface area contributed by atoms with Gasteiger partial charge in [0.1, 0.15) is 0 Å². The Morgan fingerprint density at radius 3 is 2.65 bits per heavy atom. The van der Waals surface area contributed by atoms with E-state index in [0.717, 1.165) is 11.4 Å². The fraction of sp³-hybridized carbons (Fsp3) is 0.400. The number of nitrogens with one attached hydrogen (secondary N) is 1. The maximum Gasteiger partial charge on any atom is 0.0641 e. The van der Waals surface area contributed by atoms with Gasteiger partial charge in [0, 0.05) is 35.6 Å². The molecule has 0 fully saturated rings. The molecule has 3 atom stereocenters. The van der Waals surface area contributed by atoms with Crippen LogP contribution in [-0.2, 0) is 10.8 Å². The Morgan fingerprint density at radius 2 is 2.00 bits per heavy atom. The Bertz CT molecular complexity index is 527. The monoisotopic (exact) mass is 291 g/mol. The smallest absolute Gasteiger partial charge is 0.0641 e. The van der Waals surface area contributed by atoms with Crippen molar-refractivity contribution in [2.45, 2.75) is 30.8 Å². The van der Waals surface area contributed by atoms with Crippen molar-refractivity contribution in [2.75, 3.05) is 12.3 Å². The predicted octanol–water partition coefficient (Wildman–Crippen LogP) is 2.23. The quantitative estimate of drug-likeness (QED) is 0.851. The average molecular weight is 291 g/mol. The minimum absolute atomic E-state index is 0.273. The molecule has 2 rings (SSSR count). The number of hydrogen-bond acceptors (Lipinski definition) is 3. The summed E-state index contributed by atoms with van der Waals surface area (Å²) in [5.74, 6) is 0.625. The van der Waals surface area contributed by atoms with Crippen LogP contribution in [0.2, 0.25) is 0 Å². The second-order valence-corrected chi connectivity index (χ2v) is 6.40. The lowest BCUT2D eigenvalue weighted by Crippen LogP contribution is -2.36. The summed E-state index contributed by atoms with van der Waals surface area (Å²) in [5, 5.41) is 7.66. The van der Waals surface area contributed by atoms with Crippen LogP contribution in [0.4, 0.5) is 0 Å². The zero-order valence-corrected chi connectivity index (χ0v) is 12.7. The molecule has 1 heterocycles. The van der Waals surface area contributed by atoms with Crippen molar-refractivity contribution in [3.63, 3.8) is 0 Å². The molecule has 1 aromatic carbocycles. The van der Waals surface area contributed by atoms with Crippen molar-refractivity contribution in [1.29, 1.82) is 0 Å². The molecular formula is C15H21N3OS. The summed E-state index contributed by atoms with van der Waals surface area (Å²) in [5.41, 5.74) is 0. The first-order valence-electron chi connectivity index (χ1n) is 6.84. The lowest BCUT2D eigenvalue weighted by atomic mass is 10.2. The maximum absolute atomic E-state index is 12.1. The van der Waals surface area contributed by atoms with E-state index in [9.17, 15) is 4.21 Å². The second kappa shape index (κ2) is 7.36. The molecule has 4 nitrogen and oxygen atoms in total. The Labute approximate surface area is 122 Å². The van der Waals surface area contributed by atoms with Crippen molar-refractivity contribution in [2.24, 2.45) is 0 Å². The Morgan fingerprint density at radius 1 is 1.25 bits per heavy atom. The third kappa shape index (κ3) is 4.02. The van der Waals surface area contributed by atoms with Crippen LogP contribution < -0.4 is 5.32 Å². The molecule has 0 radical (unpaired) electrons. The van der Waals surface area contributed by atoms with E-state index in [1.807, 2.05) is 47.3 Å². The molecule has 0 bridgehead atoms. The van der Waals surface area contributed by atoms with Crippen molar-refractivity contribution >= 4 is 10.8 Å². The average Bonchev–Trinajstić information content (AvgIpc) is 3.01. The molecule has 0 aliphatic rings. The van der Waals surface area contributed by atoms with Crippen molar-refractivity contribution < 1.29 is 4.21 Å². The highest BCUT2D eigenvalue weighted by molar-refractivity contribution is 7.85. The first-order chi connectivity index (χ1) is 9.68. The van der Waals surface area contributed by atoms with Crippen LogP contribution in [0.25, 0.3) is 0 Å². The molecule has 0 saturated heterocycles. The molecular weight excluding hydrogens is 270 g/mol. The SMILES string of the molecule is C[C@H](NCC[S@@](=O)c1ccccc1)[C@@H](C)n1cccn1. The summed E-state index contributed by atoms with van der Waals surface area (Å²) in [6.45, 7) is 4.98. The highest BCUT2D eigenvalue weighted by Gasteiger charge is 2.13. The Hall–Kier alpha value is -1.46. The van der Waals surface area contributed by atoms with E-state index in [1.165, 1.54) is 0 Å². The van der Waals surface area contributed by atoms with Gasteiger partial charge in [-0.15, -0.1) is 0 Å². The molecule has 0 aliphatic carbocycles. The third-order valence-corrected chi connectivity index (χ3v) is 4.80. The molecule has 1 N–H and O–H groups in total. The summed E-state index contributed by atoms with van der Waals surface area (Å²) in [4.78, 5) is 0.891. The Kier molecular flexibility index (Phi) is 5.49. The van der Waals surface area contributed by atoms with E-state index in [-0.39, 0.29) is 12.1 Å². The molecule has 0 amide bonds. The molecule has 1 aromatic heterocycles. The van der Waals surface area contributed by atoms with Crippen LogP contribution in [0.15, 0.2) is 53.7 Å². The lowest BCUT2D eigenvalue weighted by Gasteiger charge is -2.21. The first kappa shape index (κ1) is 14.9. The highest BCUT2D eigenvalue weighted by Crippen LogP contribution is 2.09. The number of nitrogens with zero attached hydrogens (tertiary/aromatic N) is 2. The molecule has 0 unspecified atom stereocenters. The minimum Gasteiger partial charge on any atom is -0.311 e. The molecule has 20 heavy (non-hydrogen) atoms. The van der Waals surface area contributed by atoms with Crippen molar-refractivity contribution in [3.05, 3.63) is 48.8 Å². The van der Waals surface area contributed by atoms with E-state index < -0.39 is 10.8 Å². The van der Waals surface area contributed by atoms with Crippen LogP contribution in [0.5, 0.6) is 0 Å². The lowest BCUT2D eigenvalue weighted by molar-refractivity contribution is 0.372. The highest BCUT2D eigenvalue weighted by atomic mass is 32.2. The van der Waals surface area contributed by atoms with Crippen LogP contribution >= 0.6 is 0 Å². The number of hydrogen-bond donors (Lipinski definition) is 1. The topological polar surface area (TPSA) is 46.9 Å². The third-order valence-electron chi connectivity index (χ3n) is 3.43. The normalized spacial score (nSPS) is 15.7. The van der Waals surface area contributed by atoms with Crippen LogP contribution in [0.3, 0.4) is 0 Å². The van der Waals surface area contributed by atoms with E-state index >= 15 is 0 Å². The van der Waals surface area contributed by atoms with Crippen LogP contribution in [0, 0.1) is 0 Å². The molecule has 0 spiro atoms. The Balaban J connectivity index is 1.77. The van der Waals surface area contributed by atoms with Gasteiger partial charge in [0.25, 0.3) is 0 Å². The molecule has 0 saturated carbocycles. The minimum atomic E-state index is -0.935. The largest absolute Gasteiger partial charge is 0.311 e. The number of aromatic nitrogens is 2. The molecule has 0 aliphatic heterocycles. The van der Waals surface area contributed by atoms with Gasteiger partial charge in [-0.25, -0.2) is 0 Å². The van der Waals surface area contributed by atoms with Crippen molar-refractivity contribution in [3.8, 4) is 0 Å². The van der Waals surface area contributed by atoms with Gasteiger partial charge in [0.05, 0.1) is 16.8 Å². The van der Waals surface area contributed by atoms with Gasteiger partial charge in [-0.3, -0.25) is 8.89 Å². The zero-order valence-electron chi connectivity index (χ0n) is 11.9. The predicted molar refractivity (Wildman–Crippen MR) is 82.1 cm³/mol. The standard InChI is InChI=1S/C15H21N3OS/c1-13(14(2)18-11-6-9-17-18)16-10-12-20(19)15-7-4-3-5-8-15/h3-9,11,13-14,16H,10,12H2,1-2H3/t13-,14+,20+/m0/s1. The zero-order chi connectivity index (χ0) is 14.4. The first-order valence-corrected chi connectivity index (χ1v) is 8.16. The maximum atomic E-state index is 12.1. The van der Waals surface area contributed by atoms with Crippen LogP contribution in [0.1, 0.15) is 19.9 Å². The summed E-state index contributed by atoms with van der Waals surface area (Å²) >= 11 is 0. The molecule has 5 heteroatoms. The van der Waals surface area contributed by atoms with Gasteiger partial charge in [-0.1, -0.05) is 18.2 Å². The van der Waals surface area contributed by atoms with E-state index in [0.29, 0.717) is 5.75 Å². The van der Waals surface area contributed by atoms with Gasteiger partial charge < -0.3 is 5.32 Å². The summed E-state index contributed by atoms with van der Waals surface area (Å²) < 4.78 is 14.0. The van der Waals surface area contributed by atoms with E-state index in [4.69, 9.17) is 0 Å². The summed E-state index contributed by atoms with van der Waals surface area (Å²) in [6, 6.07) is 12.1. The van der Waals surface area contributed by atoms with E-state index in [1.54, 1.807) is 6.20 Å². The van der Waals surface area contributed by atoms with Gasteiger partial charge in [-0.2, -0.15) is 5.10 Å². The second-order valence-electron chi connectivity index (χ2n) is 4.83. The fourth-order valence-corrected chi connectivity index (χ4v) is 2.99. The fourth-order valence-electron chi connectivity index (χ4n) is 1.99. The van der Waals surface area contributed by atoms with Gasteiger partial charge in [-0.05, 0) is 32.0 Å². The van der Waals surface area contributed by atoms with Gasteiger partial charge in [0.15, 0.2) is 0 Å². The van der Waals surface area contributed by atoms with E-state index in [2.05, 4.69) is 24.3 Å².